The van der Waals surface area contributed by atoms with Crippen LogP contribution in [0.2, 0.25) is 0 Å². The van der Waals surface area contributed by atoms with Gasteiger partial charge in [-0.05, 0) is 31.5 Å². The van der Waals surface area contributed by atoms with Crippen molar-refractivity contribution in [3.05, 3.63) is 29.3 Å². The van der Waals surface area contributed by atoms with Crippen molar-refractivity contribution in [1.82, 2.24) is 4.90 Å². The molecule has 22 heavy (non-hydrogen) atoms. The minimum atomic E-state index is -4.58. The minimum absolute atomic E-state index is 0.161. The molecule has 1 aliphatic heterocycles. The Bertz CT molecular complexity index is 575. The molecule has 2 atom stereocenters. The Morgan fingerprint density at radius 3 is 2.82 bits per heavy atom. The lowest BCUT2D eigenvalue weighted by molar-refractivity contribution is -0.139. The number of alkyl halides is 3. The van der Waals surface area contributed by atoms with E-state index in [2.05, 4.69) is 5.16 Å². The van der Waals surface area contributed by atoms with E-state index in [-0.39, 0.29) is 17.4 Å². The third kappa shape index (κ3) is 3.32. The summed E-state index contributed by atoms with van der Waals surface area (Å²) in [6, 6.07) is 3.56. The molecule has 1 aromatic carbocycles. The Morgan fingerprint density at radius 2 is 2.23 bits per heavy atom. The third-order valence-corrected chi connectivity index (χ3v) is 3.23. The van der Waals surface area contributed by atoms with Gasteiger partial charge in [-0.3, -0.25) is 9.69 Å². The number of carbonyl (C=O) groups excluding carboxylic acids is 1. The van der Waals surface area contributed by atoms with Gasteiger partial charge in [-0.15, -0.1) is 0 Å². The van der Waals surface area contributed by atoms with Crippen LogP contribution in [0.3, 0.4) is 0 Å². The summed E-state index contributed by atoms with van der Waals surface area (Å²) in [7, 11) is 0. The molecule has 0 aromatic heterocycles. The van der Waals surface area contributed by atoms with E-state index in [1.165, 1.54) is 12.1 Å². The number of nitrogens with zero attached hydrogens (tertiary/aromatic N) is 2. The van der Waals surface area contributed by atoms with E-state index in [1.54, 1.807) is 6.92 Å². The molecule has 0 bridgehead atoms. The van der Waals surface area contributed by atoms with Gasteiger partial charge in [-0.25, -0.2) is 0 Å². The maximum atomic E-state index is 13.2. The average molecular weight is 316 g/mol. The molecule has 1 amide bonds. The van der Waals surface area contributed by atoms with Gasteiger partial charge >= 0.3 is 6.18 Å². The zero-order chi connectivity index (χ0) is 16.3. The number of amides is 1. The van der Waals surface area contributed by atoms with Crippen LogP contribution >= 0.6 is 0 Å². The van der Waals surface area contributed by atoms with Gasteiger partial charge in [-0.1, -0.05) is 12.1 Å². The highest BCUT2D eigenvalue weighted by Crippen LogP contribution is 2.39. The van der Waals surface area contributed by atoms with Crippen molar-refractivity contribution in [2.75, 3.05) is 0 Å². The Labute approximate surface area is 125 Å². The van der Waals surface area contributed by atoms with Gasteiger partial charge < -0.3 is 9.57 Å². The zero-order valence-corrected chi connectivity index (χ0v) is 12.0. The molecule has 0 spiro atoms. The highest BCUT2D eigenvalue weighted by Gasteiger charge is 2.36. The molecule has 2 rings (SSSR count). The zero-order valence-electron chi connectivity index (χ0n) is 12.0. The van der Waals surface area contributed by atoms with E-state index in [0.29, 0.717) is 12.8 Å². The summed E-state index contributed by atoms with van der Waals surface area (Å²) in [5.74, 6) is -0.248. The van der Waals surface area contributed by atoms with Crippen LogP contribution in [0.4, 0.5) is 13.2 Å². The SMILES string of the molecule is CC[C@H](C)Oc1ccc(C2ON=CN2C=O)cc1C(F)(F)F. The van der Waals surface area contributed by atoms with Gasteiger partial charge in [0.25, 0.3) is 0 Å². The number of rotatable bonds is 5. The summed E-state index contributed by atoms with van der Waals surface area (Å²) in [6.07, 6.45) is -3.81. The first-order valence-corrected chi connectivity index (χ1v) is 6.66. The van der Waals surface area contributed by atoms with Crippen LogP contribution in [0.25, 0.3) is 0 Å². The largest absolute Gasteiger partial charge is 0.490 e. The number of hydrogen-bond donors (Lipinski definition) is 0. The van der Waals surface area contributed by atoms with E-state index >= 15 is 0 Å². The maximum Gasteiger partial charge on any atom is 0.419 e. The normalized spacial score (nSPS) is 19.0. The molecule has 0 radical (unpaired) electrons. The van der Waals surface area contributed by atoms with Crippen LogP contribution in [0, 0.1) is 0 Å². The molecule has 0 saturated carbocycles. The predicted octanol–water partition coefficient (Wildman–Crippen LogP) is 3.31. The molecule has 0 N–H and O–H groups in total. The second-order valence-electron chi connectivity index (χ2n) is 4.82. The van der Waals surface area contributed by atoms with Crippen molar-refractivity contribution in [3.8, 4) is 5.75 Å². The maximum absolute atomic E-state index is 13.2. The Hall–Kier alpha value is -2.25. The summed E-state index contributed by atoms with van der Waals surface area (Å²) in [5, 5.41) is 3.43. The first-order chi connectivity index (χ1) is 10.4. The van der Waals surface area contributed by atoms with Crippen LogP contribution in [0.15, 0.2) is 23.4 Å². The van der Waals surface area contributed by atoms with Crippen LogP contribution in [0.1, 0.15) is 37.6 Å². The molecule has 120 valence electrons. The van der Waals surface area contributed by atoms with Crippen LogP contribution < -0.4 is 4.74 Å². The van der Waals surface area contributed by atoms with Gasteiger partial charge in [-0.2, -0.15) is 13.2 Å². The quantitative estimate of drug-likeness (QED) is 0.783. The first-order valence-electron chi connectivity index (χ1n) is 6.66. The number of halogens is 3. The Balaban J connectivity index is 2.37. The lowest BCUT2D eigenvalue weighted by atomic mass is 10.1. The van der Waals surface area contributed by atoms with Crippen LogP contribution in [-0.2, 0) is 15.8 Å². The number of oxime groups is 1. The van der Waals surface area contributed by atoms with E-state index in [9.17, 15) is 18.0 Å². The molecule has 1 aromatic rings. The fraction of sp³-hybridized carbons (Fsp3) is 0.429. The summed E-state index contributed by atoms with van der Waals surface area (Å²) in [5.41, 5.74) is -0.750. The summed E-state index contributed by atoms with van der Waals surface area (Å²) in [4.78, 5) is 16.8. The van der Waals surface area contributed by atoms with Gasteiger partial charge in [0.15, 0.2) is 0 Å². The molecule has 8 heteroatoms. The second kappa shape index (κ2) is 6.25. The third-order valence-electron chi connectivity index (χ3n) is 3.23. The number of ether oxygens (including phenoxy) is 1. The number of carbonyl (C=O) groups is 1. The van der Waals surface area contributed by atoms with Crippen LogP contribution in [0.5, 0.6) is 5.75 Å². The van der Waals surface area contributed by atoms with Crippen molar-refractivity contribution < 1.29 is 27.5 Å². The summed E-state index contributed by atoms with van der Waals surface area (Å²) >= 11 is 0. The molecule has 0 fully saturated rings. The van der Waals surface area contributed by atoms with E-state index in [0.717, 1.165) is 17.3 Å². The molecule has 1 unspecified atom stereocenters. The van der Waals surface area contributed by atoms with Crippen molar-refractivity contribution in [1.29, 1.82) is 0 Å². The Kier molecular flexibility index (Phi) is 4.58. The molecule has 1 heterocycles. The summed E-state index contributed by atoms with van der Waals surface area (Å²) < 4.78 is 45.0. The van der Waals surface area contributed by atoms with E-state index in [1.807, 2.05) is 6.92 Å². The standard InChI is InChI=1S/C14H15F3N2O3/c1-3-9(2)21-12-5-4-10(6-11(12)14(15,16)17)13-19(8-20)7-18-22-13/h4-9,13H,3H2,1-2H3/t9-,13?/m0/s1. The molecule has 0 aliphatic carbocycles. The smallest absolute Gasteiger partial charge is 0.419 e. The van der Waals surface area contributed by atoms with Gasteiger partial charge in [0.05, 0.1) is 11.7 Å². The van der Waals surface area contributed by atoms with Crippen molar-refractivity contribution in [2.45, 2.75) is 38.8 Å². The topological polar surface area (TPSA) is 51.1 Å². The average Bonchev–Trinajstić information content (AvgIpc) is 2.94. The number of benzene rings is 1. The lowest BCUT2D eigenvalue weighted by Crippen LogP contribution is -2.23. The van der Waals surface area contributed by atoms with E-state index in [4.69, 9.17) is 9.57 Å². The second-order valence-corrected chi connectivity index (χ2v) is 4.82. The first kappa shape index (κ1) is 16.1. The van der Waals surface area contributed by atoms with Crippen molar-refractivity contribution >= 4 is 12.7 Å². The van der Waals surface area contributed by atoms with Gasteiger partial charge in [0.1, 0.15) is 12.1 Å². The molecule has 0 saturated heterocycles. The highest BCUT2D eigenvalue weighted by molar-refractivity contribution is 5.73. The monoisotopic (exact) mass is 316 g/mol. The fourth-order valence-electron chi connectivity index (χ4n) is 1.90. The predicted molar refractivity (Wildman–Crippen MR) is 72.0 cm³/mol. The lowest BCUT2D eigenvalue weighted by Gasteiger charge is -2.21. The Morgan fingerprint density at radius 1 is 1.50 bits per heavy atom. The highest BCUT2D eigenvalue weighted by atomic mass is 19.4. The van der Waals surface area contributed by atoms with Crippen molar-refractivity contribution in [3.63, 3.8) is 0 Å². The molecular formula is C14H15F3N2O3. The van der Waals surface area contributed by atoms with E-state index < -0.39 is 18.0 Å². The van der Waals surface area contributed by atoms with Crippen molar-refractivity contribution in [2.24, 2.45) is 5.16 Å². The van der Waals surface area contributed by atoms with Gasteiger partial charge in [0.2, 0.25) is 12.6 Å². The van der Waals surface area contributed by atoms with Crippen LogP contribution in [-0.4, -0.2) is 23.8 Å². The fourth-order valence-corrected chi connectivity index (χ4v) is 1.90. The summed E-state index contributed by atoms with van der Waals surface area (Å²) in [6.45, 7) is 3.51. The molecule has 5 nitrogen and oxygen atoms in total. The molecule has 1 aliphatic rings. The van der Waals surface area contributed by atoms with Gasteiger partial charge in [0, 0.05) is 5.56 Å². The minimum Gasteiger partial charge on any atom is -0.490 e. The molecular weight excluding hydrogens is 301 g/mol. The number of hydrogen-bond acceptors (Lipinski definition) is 4.